The Balaban J connectivity index is 1.70. The number of unbranched alkanes of at least 4 members (excludes halogenated alkanes) is 1. The van der Waals surface area contributed by atoms with Gasteiger partial charge >= 0.3 is 0 Å². The maximum atomic E-state index is 5.96. The normalized spacial score (nSPS) is 16.9. The highest BCUT2D eigenvalue weighted by Crippen LogP contribution is 2.28. The molecule has 1 aromatic carbocycles. The Kier molecular flexibility index (Phi) is 8.06. The van der Waals surface area contributed by atoms with Crippen molar-refractivity contribution >= 4 is 5.96 Å². The van der Waals surface area contributed by atoms with E-state index in [1.807, 2.05) is 12.1 Å². The largest absolute Gasteiger partial charge is 0.488 e. The van der Waals surface area contributed by atoms with E-state index in [1.54, 1.807) is 0 Å². The second kappa shape index (κ2) is 10.3. The van der Waals surface area contributed by atoms with Gasteiger partial charge in [-0.2, -0.15) is 0 Å². The van der Waals surface area contributed by atoms with E-state index in [0.717, 1.165) is 44.2 Å². The fourth-order valence-corrected chi connectivity index (χ4v) is 2.84. The lowest BCUT2D eigenvalue weighted by molar-refractivity contribution is 0.241. The highest BCUT2D eigenvalue weighted by Gasteiger charge is 2.21. The highest BCUT2D eigenvalue weighted by atomic mass is 16.5. The van der Waals surface area contributed by atoms with Gasteiger partial charge in [-0.15, -0.1) is 0 Å². The Hall–Kier alpha value is -1.75. The Bertz CT molecular complexity index is 519. The quantitative estimate of drug-likeness (QED) is 0.410. The van der Waals surface area contributed by atoms with Crippen LogP contribution in [0.3, 0.4) is 0 Å². The van der Waals surface area contributed by atoms with E-state index in [2.05, 4.69) is 55.5 Å². The molecule has 0 saturated heterocycles. The number of guanidine groups is 1. The summed E-state index contributed by atoms with van der Waals surface area (Å²) in [5.74, 6) is 1.90. The Morgan fingerprint density at radius 3 is 2.80 bits per heavy atom. The lowest BCUT2D eigenvalue weighted by atomic mass is 10.1. The smallest absolute Gasteiger partial charge is 0.191 e. The molecular weight excluding hydrogens is 312 g/mol. The molecule has 5 heteroatoms. The van der Waals surface area contributed by atoms with Crippen molar-refractivity contribution in [1.29, 1.82) is 0 Å². The van der Waals surface area contributed by atoms with E-state index in [9.17, 15) is 0 Å². The summed E-state index contributed by atoms with van der Waals surface area (Å²) in [5.41, 5.74) is 1.29. The second-order valence-corrected chi connectivity index (χ2v) is 6.98. The molecule has 2 N–H and O–H groups in total. The number of aliphatic imine (C=N–C) groups is 1. The van der Waals surface area contributed by atoms with Crippen molar-refractivity contribution in [3.63, 3.8) is 0 Å². The maximum absolute atomic E-state index is 5.96. The molecule has 5 nitrogen and oxygen atoms in total. The molecule has 0 amide bonds. The number of rotatable bonds is 9. The van der Waals surface area contributed by atoms with Crippen molar-refractivity contribution in [2.24, 2.45) is 4.99 Å². The topological polar surface area (TPSA) is 48.9 Å². The summed E-state index contributed by atoms with van der Waals surface area (Å²) in [6.45, 7) is 10.2. The zero-order valence-corrected chi connectivity index (χ0v) is 16.2. The summed E-state index contributed by atoms with van der Waals surface area (Å²) in [4.78, 5) is 7.08. The first-order valence-corrected chi connectivity index (χ1v) is 9.57. The highest BCUT2D eigenvalue weighted by molar-refractivity contribution is 5.79. The second-order valence-electron chi connectivity index (χ2n) is 6.98. The molecule has 0 fully saturated rings. The van der Waals surface area contributed by atoms with Gasteiger partial charge < -0.3 is 20.3 Å². The van der Waals surface area contributed by atoms with Crippen LogP contribution in [0.4, 0.5) is 0 Å². The third-order valence-electron chi connectivity index (χ3n) is 4.62. The molecule has 2 rings (SSSR count). The van der Waals surface area contributed by atoms with E-state index < -0.39 is 0 Å². The van der Waals surface area contributed by atoms with Crippen molar-refractivity contribution in [3.05, 3.63) is 29.8 Å². The van der Waals surface area contributed by atoms with Crippen LogP contribution in [0.1, 0.15) is 39.2 Å². The first-order valence-electron chi connectivity index (χ1n) is 9.57. The van der Waals surface area contributed by atoms with E-state index in [4.69, 9.17) is 9.73 Å². The van der Waals surface area contributed by atoms with Gasteiger partial charge in [0.1, 0.15) is 11.9 Å². The molecule has 1 aliphatic rings. The number of benzene rings is 1. The average molecular weight is 347 g/mol. The van der Waals surface area contributed by atoms with Crippen LogP contribution in [0, 0.1) is 0 Å². The molecule has 140 valence electrons. The number of hydrogen-bond acceptors (Lipinski definition) is 3. The van der Waals surface area contributed by atoms with Crippen LogP contribution in [-0.4, -0.2) is 56.2 Å². The number of nitrogens with one attached hydrogen (secondary N) is 2. The van der Waals surface area contributed by atoms with Crippen LogP contribution in [-0.2, 0) is 6.42 Å². The minimum Gasteiger partial charge on any atom is -0.488 e. The predicted octanol–water partition coefficient (Wildman–Crippen LogP) is 2.67. The number of hydrogen-bond donors (Lipinski definition) is 2. The van der Waals surface area contributed by atoms with Crippen LogP contribution in [0.15, 0.2) is 29.3 Å². The summed E-state index contributed by atoms with van der Waals surface area (Å²) < 4.78 is 5.96. The monoisotopic (exact) mass is 346 g/mol. The van der Waals surface area contributed by atoms with Crippen molar-refractivity contribution in [3.8, 4) is 5.75 Å². The summed E-state index contributed by atoms with van der Waals surface area (Å²) in [6.07, 6.45) is 3.43. The number of para-hydroxylation sites is 1. The zero-order valence-electron chi connectivity index (χ0n) is 16.2. The fourth-order valence-electron chi connectivity index (χ4n) is 2.84. The maximum Gasteiger partial charge on any atom is 0.191 e. The van der Waals surface area contributed by atoms with Gasteiger partial charge in [-0.05, 0) is 58.8 Å². The van der Waals surface area contributed by atoms with Crippen LogP contribution in [0.5, 0.6) is 5.75 Å². The Morgan fingerprint density at radius 2 is 2.08 bits per heavy atom. The molecule has 1 aromatic rings. The van der Waals surface area contributed by atoms with Gasteiger partial charge in [-0.1, -0.05) is 18.2 Å². The first kappa shape index (κ1) is 19.6. The molecule has 0 saturated carbocycles. The predicted molar refractivity (Wildman–Crippen MR) is 106 cm³/mol. The molecule has 0 radical (unpaired) electrons. The minimum absolute atomic E-state index is 0.146. The zero-order chi connectivity index (χ0) is 18.1. The number of nitrogens with zero attached hydrogens (tertiary/aromatic N) is 2. The first-order chi connectivity index (χ1) is 12.1. The molecular formula is C20H34N4O. The van der Waals surface area contributed by atoms with E-state index in [1.165, 1.54) is 12.0 Å². The van der Waals surface area contributed by atoms with Gasteiger partial charge in [0.05, 0.1) is 6.54 Å². The molecule has 1 atom stereocenters. The SMILES string of the molecule is CCNC(=NCC1Cc2ccccc2O1)NCCCCN(C)C(C)C. The van der Waals surface area contributed by atoms with Crippen LogP contribution in [0.2, 0.25) is 0 Å². The Morgan fingerprint density at radius 1 is 1.28 bits per heavy atom. The molecule has 0 aliphatic carbocycles. The molecule has 0 spiro atoms. The molecule has 1 unspecified atom stereocenters. The van der Waals surface area contributed by atoms with Gasteiger partial charge in [0.2, 0.25) is 0 Å². The van der Waals surface area contributed by atoms with Gasteiger partial charge in [-0.3, -0.25) is 0 Å². The van der Waals surface area contributed by atoms with Crippen LogP contribution >= 0.6 is 0 Å². The van der Waals surface area contributed by atoms with E-state index in [-0.39, 0.29) is 6.10 Å². The number of ether oxygens (including phenoxy) is 1. The van der Waals surface area contributed by atoms with Gasteiger partial charge in [0, 0.05) is 25.6 Å². The molecule has 0 aromatic heterocycles. The standard InChI is InChI=1S/C20H34N4O/c1-5-21-20(22-12-8-9-13-24(4)16(2)3)23-15-18-14-17-10-6-7-11-19(17)25-18/h6-7,10-11,16,18H,5,8-9,12-15H2,1-4H3,(H2,21,22,23). The molecule has 1 aliphatic heterocycles. The summed E-state index contributed by atoms with van der Waals surface area (Å²) in [5, 5.41) is 6.75. The van der Waals surface area contributed by atoms with E-state index in [0.29, 0.717) is 12.6 Å². The van der Waals surface area contributed by atoms with Crippen molar-refractivity contribution in [2.45, 2.75) is 52.2 Å². The van der Waals surface area contributed by atoms with Gasteiger partial charge in [-0.25, -0.2) is 4.99 Å². The van der Waals surface area contributed by atoms with Crippen molar-refractivity contribution in [2.75, 3.05) is 33.2 Å². The van der Waals surface area contributed by atoms with Crippen LogP contribution in [0.25, 0.3) is 0 Å². The fraction of sp³-hybridized carbons (Fsp3) is 0.650. The summed E-state index contributed by atoms with van der Waals surface area (Å²) >= 11 is 0. The average Bonchev–Trinajstić information content (AvgIpc) is 3.01. The Labute approximate surface area is 152 Å². The minimum atomic E-state index is 0.146. The van der Waals surface area contributed by atoms with E-state index >= 15 is 0 Å². The van der Waals surface area contributed by atoms with Crippen molar-refractivity contribution in [1.82, 2.24) is 15.5 Å². The number of fused-ring (bicyclic) bond motifs is 1. The van der Waals surface area contributed by atoms with Gasteiger partial charge in [0.15, 0.2) is 5.96 Å². The molecule has 25 heavy (non-hydrogen) atoms. The lowest BCUT2D eigenvalue weighted by Gasteiger charge is -2.20. The summed E-state index contributed by atoms with van der Waals surface area (Å²) in [6, 6.07) is 8.87. The lowest BCUT2D eigenvalue weighted by Crippen LogP contribution is -2.39. The van der Waals surface area contributed by atoms with Crippen molar-refractivity contribution < 1.29 is 4.74 Å². The van der Waals surface area contributed by atoms with Crippen LogP contribution < -0.4 is 15.4 Å². The molecule has 1 heterocycles. The van der Waals surface area contributed by atoms with Gasteiger partial charge in [0.25, 0.3) is 0 Å². The summed E-state index contributed by atoms with van der Waals surface area (Å²) in [7, 11) is 2.18. The molecule has 0 bridgehead atoms. The third kappa shape index (κ3) is 6.58. The third-order valence-corrected chi connectivity index (χ3v) is 4.62.